The van der Waals surface area contributed by atoms with Gasteiger partial charge in [-0.25, -0.2) is 4.98 Å². The van der Waals surface area contributed by atoms with Crippen LogP contribution in [0.25, 0.3) is 0 Å². The molecule has 2 heterocycles. The van der Waals surface area contributed by atoms with E-state index < -0.39 is 16.9 Å². The molecule has 1 aliphatic heterocycles. The Bertz CT molecular complexity index is 534. The number of hydrogen-bond acceptors (Lipinski definition) is 6. The quantitative estimate of drug-likeness (QED) is 0.606. The summed E-state index contributed by atoms with van der Waals surface area (Å²) in [5.74, 6) is 0.0935. The zero-order valence-corrected chi connectivity index (χ0v) is 11.0. The third-order valence-corrected chi connectivity index (χ3v) is 3.22. The number of hydrogen-bond donors (Lipinski definition) is 2. The van der Waals surface area contributed by atoms with Crippen molar-refractivity contribution in [2.24, 2.45) is 5.73 Å². The lowest BCUT2D eigenvalue weighted by Gasteiger charge is -2.13. The van der Waals surface area contributed by atoms with E-state index in [-0.39, 0.29) is 11.8 Å². The van der Waals surface area contributed by atoms with Crippen LogP contribution in [0.4, 0.5) is 11.5 Å². The molecule has 0 spiro atoms. The van der Waals surface area contributed by atoms with Crippen molar-refractivity contribution in [2.75, 3.05) is 11.9 Å². The highest BCUT2D eigenvalue weighted by atomic mass is 16.6. The lowest BCUT2D eigenvalue weighted by molar-refractivity contribution is -0.385. The standard InChI is InChI=1S/C12H16N4O4/c1-7-4-11(15-6-9(7)16(18)19)14-5-8-2-3-10(20-8)12(13)17/h4,6,8,10H,2-3,5H2,1H3,(H2,13,17)(H,14,15)/t8-,10-/m1/s1. The molecular weight excluding hydrogens is 264 g/mol. The molecule has 0 saturated carbocycles. The van der Waals surface area contributed by atoms with Crippen molar-refractivity contribution in [3.05, 3.63) is 27.9 Å². The van der Waals surface area contributed by atoms with E-state index in [9.17, 15) is 14.9 Å². The Balaban J connectivity index is 1.90. The van der Waals surface area contributed by atoms with Crippen LogP contribution in [0.5, 0.6) is 0 Å². The molecule has 2 atom stereocenters. The molecule has 8 heteroatoms. The molecule has 0 radical (unpaired) electrons. The van der Waals surface area contributed by atoms with Crippen LogP contribution in [0.2, 0.25) is 0 Å². The summed E-state index contributed by atoms with van der Waals surface area (Å²) in [5.41, 5.74) is 5.70. The van der Waals surface area contributed by atoms with E-state index >= 15 is 0 Å². The van der Waals surface area contributed by atoms with Crippen LogP contribution in [0.1, 0.15) is 18.4 Å². The smallest absolute Gasteiger partial charge is 0.290 e. The number of carbonyl (C=O) groups is 1. The number of nitrogens with two attached hydrogens (primary N) is 1. The molecule has 1 fully saturated rings. The summed E-state index contributed by atoms with van der Waals surface area (Å²) in [4.78, 5) is 25.2. The molecule has 0 aromatic carbocycles. The lowest BCUT2D eigenvalue weighted by Crippen LogP contribution is -2.30. The number of nitrogens with zero attached hydrogens (tertiary/aromatic N) is 2. The van der Waals surface area contributed by atoms with Crippen LogP contribution in [-0.4, -0.2) is 34.6 Å². The van der Waals surface area contributed by atoms with Crippen molar-refractivity contribution in [1.82, 2.24) is 4.98 Å². The topological polar surface area (TPSA) is 120 Å². The number of ether oxygens (including phenoxy) is 1. The van der Waals surface area contributed by atoms with E-state index in [4.69, 9.17) is 10.5 Å². The molecule has 0 aliphatic carbocycles. The molecule has 3 N–H and O–H groups in total. The van der Waals surface area contributed by atoms with Gasteiger partial charge in [0, 0.05) is 12.1 Å². The highest BCUT2D eigenvalue weighted by molar-refractivity contribution is 5.79. The van der Waals surface area contributed by atoms with Crippen LogP contribution >= 0.6 is 0 Å². The molecule has 20 heavy (non-hydrogen) atoms. The van der Waals surface area contributed by atoms with Gasteiger partial charge in [-0.2, -0.15) is 0 Å². The summed E-state index contributed by atoms with van der Waals surface area (Å²) in [5, 5.41) is 13.7. The van der Waals surface area contributed by atoms with Crippen molar-refractivity contribution >= 4 is 17.4 Å². The Morgan fingerprint density at radius 1 is 1.65 bits per heavy atom. The summed E-state index contributed by atoms with van der Waals surface area (Å²) >= 11 is 0. The predicted octanol–water partition coefficient (Wildman–Crippen LogP) is 0.743. The molecule has 2 rings (SSSR count). The first-order chi connectivity index (χ1) is 9.47. The van der Waals surface area contributed by atoms with Gasteiger partial charge in [-0.3, -0.25) is 14.9 Å². The number of nitro groups is 1. The van der Waals surface area contributed by atoms with Gasteiger partial charge in [0.2, 0.25) is 5.91 Å². The summed E-state index contributed by atoms with van der Waals surface area (Å²) < 4.78 is 5.46. The fourth-order valence-corrected chi connectivity index (χ4v) is 2.12. The molecule has 8 nitrogen and oxygen atoms in total. The molecule has 1 saturated heterocycles. The third kappa shape index (κ3) is 3.21. The second-order valence-electron chi connectivity index (χ2n) is 4.72. The minimum atomic E-state index is -0.520. The normalized spacial score (nSPS) is 21.6. The molecule has 0 unspecified atom stereocenters. The van der Waals surface area contributed by atoms with Crippen molar-refractivity contribution in [3.63, 3.8) is 0 Å². The highest BCUT2D eigenvalue weighted by Crippen LogP contribution is 2.21. The van der Waals surface area contributed by atoms with Gasteiger partial charge in [0.15, 0.2) is 0 Å². The van der Waals surface area contributed by atoms with Crippen molar-refractivity contribution in [1.29, 1.82) is 0 Å². The zero-order chi connectivity index (χ0) is 14.7. The van der Waals surface area contributed by atoms with E-state index in [0.29, 0.717) is 24.3 Å². The van der Waals surface area contributed by atoms with Crippen LogP contribution in [0, 0.1) is 17.0 Å². The number of nitrogens with one attached hydrogen (secondary N) is 1. The Labute approximate surface area is 115 Å². The Morgan fingerprint density at radius 3 is 2.95 bits per heavy atom. The summed E-state index contributed by atoms with van der Waals surface area (Å²) in [7, 11) is 0. The predicted molar refractivity (Wildman–Crippen MR) is 71.2 cm³/mol. The number of anilines is 1. The van der Waals surface area contributed by atoms with Crippen LogP contribution in [-0.2, 0) is 9.53 Å². The number of primary amides is 1. The number of aromatic nitrogens is 1. The van der Waals surface area contributed by atoms with Gasteiger partial charge in [-0.1, -0.05) is 0 Å². The monoisotopic (exact) mass is 280 g/mol. The molecule has 1 aromatic rings. The number of amides is 1. The molecule has 0 bridgehead atoms. The third-order valence-electron chi connectivity index (χ3n) is 3.22. The second kappa shape index (κ2) is 5.83. The first-order valence-corrected chi connectivity index (χ1v) is 6.27. The lowest BCUT2D eigenvalue weighted by atomic mass is 10.2. The van der Waals surface area contributed by atoms with Gasteiger partial charge < -0.3 is 15.8 Å². The Hall–Kier alpha value is -2.22. The first-order valence-electron chi connectivity index (χ1n) is 6.27. The molecule has 1 aromatic heterocycles. The first kappa shape index (κ1) is 14.2. The molecule has 108 valence electrons. The number of carbonyl (C=O) groups excluding carboxylic acids is 1. The maximum absolute atomic E-state index is 11.0. The van der Waals surface area contributed by atoms with E-state index in [2.05, 4.69) is 10.3 Å². The van der Waals surface area contributed by atoms with Gasteiger partial charge in [0.25, 0.3) is 5.69 Å². The number of pyridine rings is 1. The Kier molecular flexibility index (Phi) is 4.14. The Morgan fingerprint density at radius 2 is 2.40 bits per heavy atom. The molecule has 1 amide bonds. The van der Waals surface area contributed by atoms with E-state index in [1.165, 1.54) is 6.20 Å². The van der Waals surface area contributed by atoms with Crippen LogP contribution < -0.4 is 11.1 Å². The summed E-state index contributed by atoms with van der Waals surface area (Å²) in [6, 6.07) is 1.61. The number of aryl methyl sites for hydroxylation is 1. The SMILES string of the molecule is Cc1cc(NC[C@H]2CC[C@H](C(N)=O)O2)ncc1[N+](=O)[O-]. The number of rotatable bonds is 5. The van der Waals surface area contributed by atoms with Gasteiger partial charge in [0.1, 0.15) is 18.1 Å². The second-order valence-corrected chi connectivity index (χ2v) is 4.72. The maximum Gasteiger partial charge on any atom is 0.290 e. The van der Waals surface area contributed by atoms with Gasteiger partial charge >= 0.3 is 0 Å². The van der Waals surface area contributed by atoms with E-state index in [0.717, 1.165) is 6.42 Å². The zero-order valence-electron chi connectivity index (χ0n) is 11.0. The molecular formula is C12H16N4O4. The minimum absolute atomic E-state index is 0.0125. The average molecular weight is 280 g/mol. The van der Waals surface area contributed by atoms with Crippen LogP contribution in [0.15, 0.2) is 12.3 Å². The van der Waals surface area contributed by atoms with Gasteiger partial charge in [-0.15, -0.1) is 0 Å². The van der Waals surface area contributed by atoms with E-state index in [1.54, 1.807) is 13.0 Å². The summed E-state index contributed by atoms with van der Waals surface area (Å²) in [6.07, 6.45) is 1.96. The van der Waals surface area contributed by atoms with Crippen molar-refractivity contribution in [3.8, 4) is 0 Å². The van der Waals surface area contributed by atoms with E-state index in [1.807, 2.05) is 0 Å². The largest absolute Gasteiger partial charge is 0.367 e. The highest BCUT2D eigenvalue weighted by Gasteiger charge is 2.28. The fourth-order valence-electron chi connectivity index (χ4n) is 2.12. The average Bonchev–Trinajstić information content (AvgIpc) is 2.85. The fraction of sp³-hybridized carbons (Fsp3) is 0.500. The molecule has 1 aliphatic rings. The van der Waals surface area contributed by atoms with Gasteiger partial charge in [-0.05, 0) is 25.8 Å². The van der Waals surface area contributed by atoms with Crippen molar-refractivity contribution in [2.45, 2.75) is 32.0 Å². The maximum atomic E-state index is 11.0. The van der Waals surface area contributed by atoms with Gasteiger partial charge in [0.05, 0.1) is 11.0 Å². The summed E-state index contributed by atoms with van der Waals surface area (Å²) in [6.45, 7) is 2.13. The van der Waals surface area contributed by atoms with Crippen molar-refractivity contribution < 1.29 is 14.5 Å². The minimum Gasteiger partial charge on any atom is -0.367 e. The van der Waals surface area contributed by atoms with Crippen LogP contribution in [0.3, 0.4) is 0 Å².